The number of hydrogen-bond donors (Lipinski definition) is 3. The Morgan fingerprint density at radius 3 is 2.58 bits per heavy atom. The van der Waals surface area contributed by atoms with Gasteiger partial charge < -0.3 is 10.6 Å². The summed E-state index contributed by atoms with van der Waals surface area (Å²) in [6.45, 7) is 7.96. The van der Waals surface area contributed by atoms with Gasteiger partial charge in [0.25, 0.3) is 0 Å². The van der Waals surface area contributed by atoms with Crippen LogP contribution in [0.1, 0.15) is 26.3 Å². The van der Waals surface area contributed by atoms with Crippen molar-refractivity contribution in [3.63, 3.8) is 0 Å². The first-order valence-corrected chi connectivity index (χ1v) is 7.58. The first-order chi connectivity index (χ1) is 8.97. The van der Waals surface area contributed by atoms with Crippen LogP contribution in [0.4, 0.5) is 11.4 Å². The molecule has 108 valence electrons. The highest BCUT2D eigenvalue weighted by molar-refractivity contribution is 7.77. The van der Waals surface area contributed by atoms with Crippen molar-refractivity contribution < 1.29 is 8.76 Å². The van der Waals surface area contributed by atoms with Gasteiger partial charge in [-0.15, -0.1) is 0 Å². The lowest BCUT2D eigenvalue weighted by Crippen LogP contribution is -2.30. The maximum Gasteiger partial charge on any atom is 0.231 e. The SMILES string of the molecule is CCN(CC)c1ccc(N)c(CC(C)NS(=O)O)c1. The molecule has 0 aromatic heterocycles. The molecule has 2 unspecified atom stereocenters. The molecule has 0 spiro atoms. The number of rotatable bonds is 7. The highest BCUT2D eigenvalue weighted by atomic mass is 32.2. The molecule has 0 radical (unpaired) electrons. The second-order valence-electron chi connectivity index (χ2n) is 4.53. The van der Waals surface area contributed by atoms with Crippen LogP contribution >= 0.6 is 0 Å². The summed E-state index contributed by atoms with van der Waals surface area (Å²) in [4.78, 5) is 2.24. The summed E-state index contributed by atoms with van der Waals surface area (Å²) in [6.07, 6.45) is 0.618. The number of hydrogen-bond acceptors (Lipinski definition) is 3. The summed E-state index contributed by atoms with van der Waals surface area (Å²) in [5.74, 6) is 0. The van der Waals surface area contributed by atoms with Crippen LogP contribution in [-0.2, 0) is 17.7 Å². The largest absolute Gasteiger partial charge is 0.399 e. The Balaban J connectivity index is 2.87. The summed E-state index contributed by atoms with van der Waals surface area (Å²) in [5.41, 5.74) is 8.81. The molecule has 0 aliphatic heterocycles. The molecule has 19 heavy (non-hydrogen) atoms. The number of anilines is 2. The number of nitrogens with two attached hydrogens (primary N) is 1. The standard InChI is InChI=1S/C13H23N3O2S/c1-4-16(5-2)12-6-7-13(14)11(9-12)8-10(3)15-19(17)18/h6-7,9-10,15H,4-5,8,14H2,1-3H3,(H,17,18). The summed E-state index contributed by atoms with van der Waals surface area (Å²) in [7, 11) is 0. The Kier molecular flexibility index (Phi) is 6.27. The minimum absolute atomic E-state index is 0.111. The summed E-state index contributed by atoms with van der Waals surface area (Å²) < 4.78 is 22.1. The summed E-state index contributed by atoms with van der Waals surface area (Å²) in [6, 6.07) is 5.85. The molecule has 0 heterocycles. The van der Waals surface area contributed by atoms with E-state index < -0.39 is 11.3 Å². The van der Waals surface area contributed by atoms with Gasteiger partial charge in [-0.25, -0.2) is 8.93 Å². The third kappa shape index (κ3) is 4.81. The molecule has 0 amide bonds. The van der Waals surface area contributed by atoms with Crippen molar-refractivity contribution in [3.05, 3.63) is 23.8 Å². The van der Waals surface area contributed by atoms with Crippen molar-refractivity contribution in [1.29, 1.82) is 0 Å². The molecule has 2 atom stereocenters. The Bertz CT molecular complexity index is 436. The van der Waals surface area contributed by atoms with E-state index in [0.717, 1.165) is 24.3 Å². The lowest BCUT2D eigenvalue weighted by molar-refractivity contribution is 0.530. The first kappa shape index (κ1) is 15.9. The highest BCUT2D eigenvalue weighted by Crippen LogP contribution is 2.22. The van der Waals surface area contributed by atoms with Crippen molar-refractivity contribution in [1.82, 2.24) is 4.72 Å². The van der Waals surface area contributed by atoms with E-state index >= 15 is 0 Å². The van der Waals surface area contributed by atoms with E-state index in [1.54, 1.807) is 0 Å². The summed E-state index contributed by atoms with van der Waals surface area (Å²) >= 11 is -1.99. The van der Waals surface area contributed by atoms with E-state index in [4.69, 9.17) is 10.3 Å². The quantitative estimate of drug-likeness (QED) is 0.527. The maximum atomic E-state index is 10.7. The Morgan fingerprint density at radius 2 is 2.05 bits per heavy atom. The molecule has 6 heteroatoms. The van der Waals surface area contributed by atoms with Gasteiger partial charge >= 0.3 is 0 Å². The second-order valence-corrected chi connectivity index (χ2v) is 5.26. The van der Waals surface area contributed by atoms with Crippen LogP contribution in [0, 0.1) is 0 Å². The van der Waals surface area contributed by atoms with E-state index in [-0.39, 0.29) is 6.04 Å². The Hall–Kier alpha value is -1.11. The predicted molar refractivity (Wildman–Crippen MR) is 81.5 cm³/mol. The van der Waals surface area contributed by atoms with Crippen LogP contribution in [-0.4, -0.2) is 27.9 Å². The van der Waals surface area contributed by atoms with Crippen LogP contribution in [0.25, 0.3) is 0 Å². The van der Waals surface area contributed by atoms with Gasteiger partial charge in [0.05, 0.1) is 0 Å². The fourth-order valence-corrected chi connectivity index (χ4v) is 2.53. The van der Waals surface area contributed by atoms with Crippen LogP contribution in [0.5, 0.6) is 0 Å². The molecule has 1 aromatic rings. The average Bonchev–Trinajstić information content (AvgIpc) is 2.33. The molecule has 4 N–H and O–H groups in total. The van der Waals surface area contributed by atoms with Gasteiger partial charge in [0, 0.05) is 30.5 Å². The molecular weight excluding hydrogens is 262 g/mol. The van der Waals surface area contributed by atoms with Crippen LogP contribution in [0.3, 0.4) is 0 Å². The van der Waals surface area contributed by atoms with E-state index in [9.17, 15) is 4.21 Å². The maximum absolute atomic E-state index is 10.7. The van der Waals surface area contributed by atoms with Crippen molar-refractivity contribution >= 4 is 22.6 Å². The highest BCUT2D eigenvalue weighted by Gasteiger charge is 2.10. The topological polar surface area (TPSA) is 78.6 Å². The number of benzene rings is 1. The van der Waals surface area contributed by atoms with Gasteiger partial charge in [0.2, 0.25) is 11.3 Å². The van der Waals surface area contributed by atoms with Gasteiger partial charge in [-0.3, -0.25) is 4.55 Å². The lowest BCUT2D eigenvalue weighted by atomic mass is 10.0. The molecule has 0 aliphatic rings. The third-order valence-corrected chi connectivity index (χ3v) is 3.69. The van der Waals surface area contributed by atoms with Crippen molar-refractivity contribution in [3.8, 4) is 0 Å². The average molecular weight is 285 g/mol. The third-order valence-electron chi connectivity index (χ3n) is 3.08. The second kappa shape index (κ2) is 7.47. The number of nitrogens with zero attached hydrogens (tertiary/aromatic N) is 1. The van der Waals surface area contributed by atoms with Crippen molar-refractivity contribution in [2.75, 3.05) is 23.7 Å². The van der Waals surface area contributed by atoms with Gasteiger partial charge in [0.15, 0.2) is 0 Å². The van der Waals surface area contributed by atoms with Crippen molar-refractivity contribution in [2.24, 2.45) is 0 Å². The van der Waals surface area contributed by atoms with E-state index in [0.29, 0.717) is 12.1 Å². The zero-order chi connectivity index (χ0) is 14.4. The van der Waals surface area contributed by atoms with Crippen molar-refractivity contribution in [2.45, 2.75) is 33.2 Å². The van der Waals surface area contributed by atoms with E-state index in [2.05, 4.69) is 29.5 Å². The predicted octanol–water partition coefficient (Wildman–Crippen LogP) is 1.77. The normalized spacial score (nSPS) is 14.1. The lowest BCUT2D eigenvalue weighted by Gasteiger charge is -2.23. The van der Waals surface area contributed by atoms with Gasteiger partial charge in [-0.1, -0.05) is 0 Å². The molecule has 1 aromatic carbocycles. The molecule has 5 nitrogen and oxygen atoms in total. The van der Waals surface area contributed by atoms with Gasteiger partial charge in [-0.05, 0) is 51.0 Å². The monoisotopic (exact) mass is 285 g/mol. The van der Waals surface area contributed by atoms with Crippen LogP contribution in [0.2, 0.25) is 0 Å². The molecule has 1 rings (SSSR count). The fraction of sp³-hybridized carbons (Fsp3) is 0.538. The molecule has 0 aliphatic carbocycles. The molecular formula is C13H23N3O2S. The fourth-order valence-electron chi connectivity index (χ4n) is 2.10. The van der Waals surface area contributed by atoms with Crippen LogP contribution < -0.4 is 15.4 Å². The first-order valence-electron chi connectivity index (χ1n) is 6.48. The molecule has 0 fully saturated rings. The molecule has 0 bridgehead atoms. The summed E-state index contributed by atoms with van der Waals surface area (Å²) in [5, 5.41) is 0. The number of nitrogens with one attached hydrogen (secondary N) is 1. The Morgan fingerprint density at radius 1 is 1.42 bits per heavy atom. The molecule has 0 saturated carbocycles. The van der Waals surface area contributed by atoms with Gasteiger partial charge in [-0.2, -0.15) is 0 Å². The zero-order valence-corrected chi connectivity index (χ0v) is 12.5. The Labute approximate surface area is 117 Å². The smallest absolute Gasteiger partial charge is 0.231 e. The van der Waals surface area contributed by atoms with Crippen LogP contribution in [0.15, 0.2) is 18.2 Å². The molecule has 0 saturated heterocycles. The van der Waals surface area contributed by atoms with E-state index in [1.807, 2.05) is 19.1 Å². The minimum Gasteiger partial charge on any atom is -0.399 e. The zero-order valence-electron chi connectivity index (χ0n) is 11.7. The number of nitrogen functional groups attached to an aromatic ring is 1. The van der Waals surface area contributed by atoms with Gasteiger partial charge in [0.1, 0.15) is 0 Å². The van der Waals surface area contributed by atoms with E-state index in [1.165, 1.54) is 0 Å². The minimum atomic E-state index is -1.99.